The van der Waals surface area contributed by atoms with Crippen molar-refractivity contribution in [2.75, 3.05) is 19.0 Å². The molecular formula is C11H16IN3O. The second-order valence-electron chi connectivity index (χ2n) is 3.93. The zero-order valence-corrected chi connectivity index (χ0v) is 11.7. The van der Waals surface area contributed by atoms with E-state index >= 15 is 0 Å². The van der Waals surface area contributed by atoms with Gasteiger partial charge >= 0.3 is 0 Å². The van der Waals surface area contributed by atoms with Crippen molar-refractivity contribution < 1.29 is 4.74 Å². The summed E-state index contributed by atoms with van der Waals surface area (Å²) in [6.45, 7) is 3.43. The van der Waals surface area contributed by atoms with Crippen LogP contribution in [0.1, 0.15) is 37.2 Å². The summed E-state index contributed by atoms with van der Waals surface area (Å²) in [7, 11) is 1.67. The van der Waals surface area contributed by atoms with Gasteiger partial charge in [-0.25, -0.2) is 9.97 Å². The molecule has 1 aliphatic carbocycles. The Kier molecular flexibility index (Phi) is 3.96. The highest BCUT2D eigenvalue weighted by Gasteiger charge is 2.29. The van der Waals surface area contributed by atoms with Crippen molar-refractivity contribution in [1.82, 2.24) is 9.97 Å². The van der Waals surface area contributed by atoms with Gasteiger partial charge in [0.15, 0.2) is 5.82 Å². The van der Waals surface area contributed by atoms with Crippen LogP contribution >= 0.6 is 22.6 Å². The van der Waals surface area contributed by atoms with Crippen LogP contribution in [0.5, 0.6) is 0 Å². The van der Waals surface area contributed by atoms with E-state index in [1.165, 1.54) is 22.1 Å². The topological polar surface area (TPSA) is 47.0 Å². The van der Waals surface area contributed by atoms with Crippen molar-refractivity contribution in [1.29, 1.82) is 0 Å². The zero-order chi connectivity index (χ0) is 11.5. The summed E-state index contributed by atoms with van der Waals surface area (Å²) in [6, 6.07) is 0. The molecule has 0 radical (unpaired) electrons. The van der Waals surface area contributed by atoms with E-state index in [1.54, 1.807) is 7.11 Å². The molecule has 0 aromatic carbocycles. The number of hydrogen-bond donors (Lipinski definition) is 1. The van der Waals surface area contributed by atoms with Gasteiger partial charge in [-0.2, -0.15) is 0 Å². The van der Waals surface area contributed by atoms with E-state index in [0.29, 0.717) is 12.5 Å². The maximum Gasteiger partial charge on any atom is 0.156 e. The number of ether oxygens (including phenoxy) is 1. The molecule has 4 nitrogen and oxygen atoms in total. The zero-order valence-electron chi connectivity index (χ0n) is 9.59. The molecule has 0 amide bonds. The molecule has 0 saturated heterocycles. The fourth-order valence-corrected chi connectivity index (χ4v) is 2.49. The van der Waals surface area contributed by atoms with Crippen LogP contribution in [0.4, 0.5) is 5.82 Å². The minimum Gasteiger partial charge on any atom is -0.377 e. The Bertz CT molecular complexity index is 380. The summed E-state index contributed by atoms with van der Waals surface area (Å²) >= 11 is 2.34. The highest BCUT2D eigenvalue weighted by molar-refractivity contribution is 14.1. The largest absolute Gasteiger partial charge is 0.377 e. The van der Waals surface area contributed by atoms with Gasteiger partial charge in [0.2, 0.25) is 0 Å². The Morgan fingerprint density at radius 3 is 2.75 bits per heavy atom. The predicted molar refractivity (Wildman–Crippen MR) is 71.6 cm³/mol. The molecule has 0 spiro atoms. The fraction of sp³-hybridized carbons (Fsp3) is 0.636. The molecule has 0 unspecified atom stereocenters. The predicted octanol–water partition coefficient (Wildman–Crippen LogP) is 2.54. The van der Waals surface area contributed by atoms with Crippen molar-refractivity contribution in [3.05, 3.63) is 15.1 Å². The summed E-state index contributed by atoms with van der Waals surface area (Å²) in [6.07, 6.45) is 2.51. The number of nitrogens with zero attached hydrogens (tertiary/aromatic N) is 2. The minimum atomic E-state index is 0.481. The fourth-order valence-electron chi connectivity index (χ4n) is 1.62. The first-order chi connectivity index (χ1) is 7.76. The van der Waals surface area contributed by atoms with Gasteiger partial charge in [0.1, 0.15) is 12.4 Å². The molecule has 1 aromatic heterocycles. The first kappa shape index (κ1) is 12.0. The number of aromatic nitrogens is 2. The normalized spacial score (nSPS) is 15.2. The highest BCUT2D eigenvalue weighted by Crippen LogP contribution is 2.42. The van der Waals surface area contributed by atoms with Crippen LogP contribution in [-0.4, -0.2) is 23.6 Å². The monoisotopic (exact) mass is 333 g/mol. The van der Waals surface area contributed by atoms with Crippen molar-refractivity contribution in [2.24, 2.45) is 0 Å². The lowest BCUT2D eigenvalue weighted by Crippen LogP contribution is -2.09. The number of halogens is 1. The molecule has 1 heterocycles. The molecule has 1 saturated carbocycles. The standard InChI is InChI=1S/C11H16IN3O/c1-3-13-11-9(12)10(7-4-5-7)14-8(15-11)6-16-2/h7H,3-6H2,1-2H3,(H,13,14,15). The van der Waals surface area contributed by atoms with Gasteiger partial charge in [-0.15, -0.1) is 0 Å². The molecule has 0 atom stereocenters. The van der Waals surface area contributed by atoms with Crippen LogP contribution < -0.4 is 5.32 Å². The lowest BCUT2D eigenvalue weighted by Gasteiger charge is -2.11. The molecule has 1 aliphatic rings. The summed E-state index contributed by atoms with van der Waals surface area (Å²) in [5.41, 5.74) is 1.19. The van der Waals surface area contributed by atoms with Crippen LogP contribution in [0.25, 0.3) is 0 Å². The Hall–Kier alpha value is -0.430. The van der Waals surface area contributed by atoms with Crippen LogP contribution in [0.3, 0.4) is 0 Å². The van der Waals surface area contributed by atoms with Crippen LogP contribution in [0.15, 0.2) is 0 Å². The molecular weight excluding hydrogens is 317 g/mol. The summed E-state index contributed by atoms with van der Waals surface area (Å²) in [5.74, 6) is 2.37. The minimum absolute atomic E-state index is 0.481. The maximum atomic E-state index is 5.10. The highest BCUT2D eigenvalue weighted by atomic mass is 127. The SMILES string of the molecule is CCNc1nc(COC)nc(C2CC2)c1I. The third-order valence-corrected chi connectivity index (χ3v) is 3.57. The first-order valence-electron chi connectivity index (χ1n) is 5.55. The van der Waals surface area contributed by atoms with E-state index in [0.717, 1.165) is 18.2 Å². The lowest BCUT2D eigenvalue weighted by atomic mass is 10.2. The van der Waals surface area contributed by atoms with Crippen molar-refractivity contribution in [2.45, 2.75) is 32.3 Å². The van der Waals surface area contributed by atoms with Gasteiger partial charge < -0.3 is 10.1 Å². The summed E-state index contributed by atoms with van der Waals surface area (Å²) in [4.78, 5) is 9.05. The number of hydrogen-bond acceptors (Lipinski definition) is 4. The molecule has 5 heteroatoms. The Morgan fingerprint density at radius 1 is 1.44 bits per heavy atom. The molecule has 0 aliphatic heterocycles. The van der Waals surface area contributed by atoms with E-state index < -0.39 is 0 Å². The number of anilines is 1. The van der Waals surface area contributed by atoms with Gasteiger partial charge in [-0.1, -0.05) is 0 Å². The second kappa shape index (κ2) is 5.27. The average molecular weight is 333 g/mol. The van der Waals surface area contributed by atoms with Crippen molar-refractivity contribution >= 4 is 28.4 Å². The molecule has 1 fully saturated rings. The van der Waals surface area contributed by atoms with E-state index in [2.05, 4.69) is 44.8 Å². The molecule has 2 rings (SSSR count). The molecule has 1 N–H and O–H groups in total. The van der Waals surface area contributed by atoms with Gasteiger partial charge in [-0.3, -0.25) is 0 Å². The Labute approximate surface area is 109 Å². The van der Waals surface area contributed by atoms with Crippen molar-refractivity contribution in [3.63, 3.8) is 0 Å². The first-order valence-corrected chi connectivity index (χ1v) is 6.63. The molecule has 0 bridgehead atoms. The summed E-state index contributed by atoms with van der Waals surface area (Å²) < 4.78 is 6.27. The third kappa shape index (κ3) is 2.63. The molecule has 1 aromatic rings. The third-order valence-electron chi connectivity index (χ3n) is 2.50. The maximum absolute atomic E-state index is 5.10. The molecule has 88 valence electrons. The van der Waals surface area contributed by atoms with E-state index in [9.17, 15) is 0 Å². The van der Waals surface area contributed by atoms with Gasteiger partial charge in [0.05, 0.1) is 9.26 Å². The van der Waals surface area contributed by atoms with Gasteiger partial charge in [0, 0.05) is 19.6 Å². The van der Waals surface area contributed by atoms with Crippen LogP contribution in [0, 0.1) is 3.57 Å². The van der Waals surface area contributed by atoms with E-state index in [-0.39, 0.29) is 0 Å². The van der Waals surface area contributed by atoms with Gasteiger partial charge in [0.25, 0.3) is 0 Å². The van der Waals surface area contributed by atoms with Crippen molar-refractivity contribution in [3.8, 4) is 0 Å². The Balaban J connectivity index is 2.34. The van der Waals surface area contributed by atoms with Crippen LogP contribution in [0.2, 0.25) is 0 Å². The van der Waals surface area contributed by atoms with E-state index in [4.69, 9.17) is 4.74 Å². The number of methoxy groups -OCH3 is 1. The lowest BCUT2D eigenvalue weighted by molar-refractivity contribution is 0.177. The molecule has 16 heavy (non-hydrogen) atoms. The van der Waals surface area contributed by atoms with Gasteiger partial charge in [-0.05, 0) is 42.4 Å². The van der Waals surface area contributed by atoms with E-state index in [1.807, 2.05) is 0 Å². The Morgan fingerprint density at radius 2 is 2.19 bits per heavy atom. The average Bonchev–Trinajstić information content (AvgIpc) is 3.07. The summed E-state index contributed by atoms with van der Waals surface area (Å²) in [5, 5.41) is 3.28. The van der Waals surface area contributed by atoms with Crippen LogP contribution in [-0.2, 0) is 11.3 Å². The quantitative estimate of drug-likeness (QED) is 0.842. The second-order valence-corrected chi connectivity index (χ2v) is 5.00. The smallest absolute Gasteiger partial charge is 0.156 e. The number of rotatable bonds is 5. The number of nitrogens with one attached hydrogen (secondary N) is 1.